The highest BCUT2D eigenvalue weighted by Gasteiger charge is 2.49. The lowest BCUT2D eigenvalue weighted by Gasteiger charge is -2.46. The number of esters is 1. The quantitative estimate of drug-likeness (QED) is 0.0932. The zero-order valence-corrected chi connectivity index (χ0v) is 33.7. The molecule has 5 aromatic rings. The number of aryl methyl sites for hydroxylation is 1. The highest BCUT2D eigenvalue weighted by molar-refractivity contribution is 5.75. The van der Waals surface area contributed by atoms with Crippen molar-refractivity contribution in [1.82, 2.24) is 0 Å². The second-order valence-electron chi connectivity index (χ2n) is 15.3. The van der Waals surface area contributed by atoms with Crippen LogP contribution in [-0.4, -0.2) is 56.2 Å². The first-order chi connectivity index (χ1) is 28.4. The number of rotatable bonds is 17. The van der Waals surface area contributed by atoms with Crippen LogP contribution in [0.15, 0.2) is 127 Å². The van der Waals surface area contributed by atoms with Crippen LogP contribution in [0.2, 0.25) is 0 Å². The Kier molecular flexibility index (Phi) is 14.3. The summed E-state index contributed by atoms with van der Waals surface area (Å²) in [4.78, 5) is 13.2. The van der Waals surface area contributed by atoms with Crippen molar-refractivity contribution in [3.63, 3.8) is 0 Å². The van der Waals surface area contributed by atoms with Gasteiger partial charge in [-0.25, -0.2) is 0 Å². The molecule has 5 aromatic carbocycles. The molecule has 0 radical (unpaired) electrons. The lowest BCUT2D eigenvalue weighted by atomic mass is 9.87. The van der Waals surface area contributed by atoms with Crippen LogP contribution in [0.4, 0.5) is 0 Å². The number of hydrogen-bond donors (Lipinski definition) is 1. The van der Waals surface area contributed by atoms with Gasteiger partial charge in [-0.3, -0.25) is 4.79 Å². The fourth-order valence-corrected chi connectivity index (χ4v) is 7.47. The molecular weight excluding hydrogens is 731 g/mol. The van der Waals surface area contributed by atoms with Gasteiger partial charge in [-0.1, -0.05) is 136 Å². The normalized spacial score (nSPS) is 20.7. The number of fused-ring (bicyclic) bond motifs is 1. The molecule has 0 bridgehead atoms. The van der Waals surface area contributed by atoms with E-state index in [1.54, 1.807) is 0 Å². The molecule has 2 N–H and O–H groups in total. The summed E-state index contributed by atoms with van der Waals surface area (Å²) < 4.78 is 45.5. The third-order valence-electron chi connectivity index (χ3n) is 10.8. The van der Waals surface area contributed by atoms with E-state index < -0.39 is 42.5 Å². The van der Waals surface area contributed by atoms with Gasteiger partial charge in [-0.15, -0.1) is 0 Å². The monoisotopic (exact) mass is 785 g/mol. The zero-order chi connectivity index (χ0) is 40.3. The Morgan fingerprint density at radius 2 is 1.22 bits per heavy atom. The van der Waals surface area contributed by atoms with Gasteiger partial charge >= 0.3 is 5.97 Å². The first-order valence-electron chi connectivity index (χ1n) is 20.4. The Hall–Kier alpha value is -5.03. The van der Waals surface area contributed by atoms with Crippen LogP contribution in [0.25, 0.3) is 0 Å². The Labute approximate surface area is 342 Å². The Morgan fingerprint density at radius 3 is 1.81 bits per heavy atom. The van der Waals surface area contributed by atoms with Gasteiger partial charge in [0.15, 0.2) is 11.5 Å². The predicted molar refractivity (Wildman–Crippen MR) is 223 cm³/mol. The van der Waals surface area contributed by atoms with Crippen molar-refractivity contribution in [1.29, 1.82) is 0 Å². The highest BCUT2D eigenvalue weighted by Crippen LogP contribution is 2.40. The molecule has 0 amide bonds. The minimum Gasteiger partial charge on any atom is -0.486 e. The fraction of sp³-hybridized carbons (Fsp3) is 0.367. The van der Waals surface area contributed by atoms with Crippen molar-refractivity contribution in [3.8, 4) is 11.5 Å². The molecule has 0 spiro atoms. The first-order valence-corrected chi connectivity index (χ1v) is 20.4. The highest BCUT2D eigenvalue weighted by atomic mass is 16.6. The molecule has 1 fully saturated rings. The number of carbonyl (C=O) groups is 1. The van der Waals surface area contributed by atoms with Crippen LogP contribution >= 0.6 is 0 Å². The van der Waals surface area contributed by atoms with E-state index in [1.165, 1.54) is 5.56 Å². The van der Waals surface area contributed by atoms with E-state index in [4.69, 9.17) is 38.9 Å². The number of carbonyl (C=O) groups excluding carboxylic acids is 1. The average molecular weight is 786 g/mol. The number of hydrogen-bond acceptors (Lipinski definition) is 9. The van der Waals surface area contributed by atoms with Crippen molar-refractivity contribution in [3.05, 3.63) is 166 Å². The molecule has 9 nitrogen and oxygen atoms in total. The summed E-state index contributed by atoms with van der Waals surface area (Å²) in [6, 6.07) is 42.0. The topological polar surface area (TPSA) is 108 Å². The SMILES string of the molecule is CCc1ccc([C@@H]2O[C@H](COC(=O)C(N)C(C)C)[C@@H](OCc3ccccc3)[C@H](OCc3ccccc3)[C@H]2OCc2ccccc2)cc1Cc1ccc2c(c1)OCCO2. The summed E-state index contributed by atoms with van der Waals surface area (Å²) in [7, 11) is 0. The Balaban J connectivity index is 1.28. The standard InChI is InChI=1S/C49H55NO8/c1-4-38-21-22-39(28-40(38)26-37-20-23-41-42(27-37)53-25-24-52-41)45-47(55-30-35-16-10-6-11-17-35)48(56-31-36-18-12-7-13-19-36)46(54-29-34-14-8-5-9-15-34)43(58-45)32-57-49(51)44(50)33(2)3/h5-23,27-28,33,43-48H,4,24-26,29-32,50H2,1-3H3/t43-,44?,45+,46-,47+,48+/m1/s1. The van der Waals surface area contributed by atoms with Crippen molar-refractivity contribution in [2.45, 2.75) is 90.0 Å². The maximum atomic E-state index is 13.2. The van der Waals surface area contributed by atoms with Crippen LogP contribution in [0.1, 0.15) is 65.8 Å². The second-order valence-corrected chi connectivity index (χ2v) is 15.3. The van der Waals surface area contributed by atoms with Gasteiger partial charge in [0, 0.05) is 0 Å². The van der Waals surface area contributed by atoms with Gasteiger partial charge in [0.05, 0.1) is 19.8 Å². The first kappa shape index (κ1) is 41.1. The van der Waals surface area contributed by atoms with E-state index >= 15 is 0 Å². The van der Waals surface area contributed by atoms with Gasteiger partial charge in [0.1, 0.15) is 56.4 Å². The minimum absolute atomic E-state index is 0.0804. The number of ether oxygens (including phenoxy) is 7. The maximum Gasteiger partial charge on any atom is 0.323 e. The number of nitrogens with two attached hydrogens (primary N) is 1. The van der Waals surface area contributed by atoms with Crippen LogP contribution < -0.4 is 15.2 Å². The molecular formula is C49H55NO8. The van der Waals surface area contributed by atoms with Crippen LogP contribution in [0.3, 0.4) is 0 Å². The van der Waals surface area contributed by atoms with Crippen molar-refractivity contribution in [2.24, 2.45) is 11.7 Å². The zero-order valence-electron chi connectivity index (χ0n) is 33.7. The van der Waals surface area contributed by atoms with Gasteiger partial charge in [-0.2, -0.15) is 0 Å². The predicted octanol–water partition coefficient (Wildman–Crippen LogP) is 8.33. The lowest BCUT2D eigenvalue weighted by Crippen LogP contribution is -2.58. The van der Waals surface area contributed by atoms with Gasteiger partial charge in [0.25, 0.3) is 0 Å². The largest absolute Gasteiger partial charge is 0.486 e. The van der Waals surface area contributed by atoms with E-state index in [1.807, 2.05) is 111 Å². The summed E-state index contributed by atoms with van der Waals surface area (Å²) in [6.07, 6.45) is -1.75. The molecule has 0 saturated carbocycles. The van der Waals surface area contributed by atoms with Gasteiger partial charge in [-0.05, 0) is 69.8 Å². The van der Waals surface area contributed by atoms with E-state index in [0.717, 1.165) is 51.3 Å². The summed E-state index contributed by atoms with van der Waals surface area (Å²) in [6.45, 7) is 7.87. The third-order valence-corrected chi connectivity index (χ3v) is 10.8. The average Bonchev–Trinajstić information content (AvgIpc) is 3.26. The summed E-state index contributed by atoms with van der Waals surface area (Å²) >= 11 is 0. The molecule has 9 heteroatoms. The van der Waals surface area contributed by atoms with E-state index in [-0.39, 0.29) is 19.1 Å². The van der Waals surface area contributed by atoms with E-state index in [0.29, 0.717) is 32.8 Å². The van der Waals surface area contributed by atoms with Crippen LogP contribution in [-0.2, 0) is 61.1 Å². The molecule has 1 saturated heterocycles. The van der Waals surface area contributed by atoms with E-state index in [9.17, 15) is 4.79 Å². The van der Waals surface area contributed by atoms with Gasteiger partial charge < -0.3 is 38.9 Å². The van der Waals surface area contributed by atoms with E-state index in [2.05, 4.69) is 37.3 Å². The molecule has 2 aliphatic rings. The summed E-state index contributed by atoms with van der Waals surface area (Å²) in [5.41, 5.74) is 13.7. The van der Waals surface area contributed by atoms with Crippen molar-refractivity contribution in [2.75, 3.05) is 19.8 Å². The van der Waals surface area contributed by atoms with Crippen molar-refractivity contribution >= 4 is 5.97 Å². The summed E-state index contributed by atoms with van der Waals surface area (Å²) in [5.74, 6) is 0.938. The lowest BCUT2D eigenvalue weighted by molar-refractivity contribution is -0.273. The van der Waals surface area contributed by atoms with Crippen LogP contribution in [0, 0.1) is 5.92 Å². The molecule has 0 aliphatic carbocycles. The molecule has 7 rings (SSSR count). The second kappa shape index (κ2) is 20.1. The molecule has 58 heavy (non-hydrogen) atoms. The Bertz CT molecular complexity index is 2040. The molecule has 6 atom stereocenters. The molecule has 2 aliphatic heterocycles. The van der Waals surface area contributed by atoms with Gasteiger partial charge in [0.2, 0.25) is 0 Å². The maximum absolute atomic E-state index is 13.2. The third kappa shape index (κ3) is 10.5. The van der Waals surface area contributed by atoms with Crippen LogP contribution in [0.5, 0.6) is 11.5 Å². The fourth-order valence-electron chi connectivity index (χ4n) is 7.47. The number of benzene rings is 5. The molecule has 0 aromatic heterocycles. The minimum atomic E-state index is -0.778. The Morgan fingerprint density at radius 1 is 0.655 bits per heavy atom. The smallest absolute Gasteiger partial charge is 0.323 e. The molecule has 2 heterocycles. The summed E-state index contributed by atoms with van der Waals surface area (Å²) in [5, 5.41) is 0. The molecule has 1 unspecified atom stereocenters. The van der Waals surface area contributed by atoms with Crippen molar-refractivity contribution < 1.29 is 38.0 Å². The molecule has 304 valence electrons.